The van der Waals surface area contributed by atoms with Crippen LogP contribution in [0.3, 0.4) is 0 Å². The third-order valence-electron chi connectivity index (χ3n) is 3.44. The highest BCUT2D eigenvalue weighted by Crippen LogP contribution is 2.31. The summed E-state index contributed by atoms with van der Waals surface area (Å²) in [7, 11) is 0. The highest BCUT2D eigenvalue weighted by atomic mass is 32.2. The Kier molecular flexibility index (Phi) is 4.84. The van der Waals surface area contributed by atoms with E-state index in [-0.39, 0.29) is 5.82 Å². The summed E-state index contributed by atoms with van der Waals surface area (Å²) in [5, 5.41) is 20.2. The van der Waals surface area contributed by atoms with Crippen molar-refractivity contribution < 1.29 is 4.39 Å². The molecule has 0 radical (unpaired) electrons. The summed E-state index contributed by atoms with van der Waals surface area (Å²) in [6.07, 6.45) is 1.38. The van der Waals surface area contributed by atoms with Crippen molar-refractivity contribution in [1.82, 2.24) is 10.2 Å². The van der Waals surface area contributed by atoms with Crippen LogP contribution in [0.15, 0.2) is 53.6 Å². The Morgan fingerprint density at radius 2 is 1.74 bits per heavy atom. The monoisotopic (exact) mass is 323 g/mol. The topological polar surface area (TPSA) is 49.6 Å². The van der Waals surface area contributed by atoms with E-state index in [2.05, 4.69) is 16.3 Å². The Morgan fingerprint density at radius 3 is 2.48 bits per heavy atom. The van der Waals surface area contributed by atoms with Crippen molar-refractivity contribution in [3.05, 3.63) is 54.3 Å². The Bertz CT molecular complexity index is 856. The Balaban J connectivity index is 1.99. The van der Waals surface area contributed by atoms with Gasteiger partial charge < -0.3 is 0 Å². The lowest BCUT2D eigenvalue weighted by Gasteiger charge is -2.09. The summed E-state index contributed by atoms with van der Waals surface area (Å²) >= 11 is 1.61. The normalized spacial score (nSPS) is 10.6. The van der Waals surface area contributed by atoms with Crippen LogP contribution in [0.1, 0.15) is 12.8 Å². The first kappa shape index (κ1) is 15.4. The lowest BCUT2D eigenvalue weighted by atomic mass is 10.1. The first-order valence-corrected chi connectivity index (χ1v) is 8.29. The van der Waals surface area contributed by atoms with Gasteiger partial charge >= 0.3 is 0 Å². The molecule has 0 aliphatic carbocycles. The fourth-order valence-corrected chi connectivity index (χ4v) is 3.24. The van der Waals surface area contributed by atoms with Gasteiger partial charge in [0.25, 0.3) is 0 Å². The van der Waals surface area contributed by atoms with Crippen LogP contribution in [0.2, 0.25) is 0 Å². The minimum absolute atomic E-state index is 0.268. The van der Waals surface area contributed by atoms with E-state index in [1.54, 1.807) is 23.9 Å². The molecule has 0 aliphatic rings. The van der Waals surface area contributed by atoms with Crippen molar-refractivity contribution in [1.29, 1.82) is 5.26 Å². The Labute approximate surface area is 138 Å². The van der Waals surface area contributed by atoms with Crippen LogP contribution in [0.5, 0.6) is 0 Å². The van der Waals surface area contributed by atoms with Crippen molar-refractivity contribution in [2.24, 2.45) is 0 Å². The summed E-state index contributed by atoms with van der Waals surface area (Å²) in [6, 6.07) is 16.4. The van der Waals surface area contributed by atoms with E-state index in [0.717, 1.165) is 39.2 Å². The van der Waals surface area contributed by atoms with Gasteiger partial charge in [0.15, 0.2) is 0 Å². The van der Waals surface area contributed by atoms with Crippen molar-refractivity contribution in [2.75, 3.05) is 5.75 Å². The molecule has 1 heterocycles. The molecule has 0 saturated carbocycles. The Morgan fingerprint density at radius 1 is 1.00 bits per heavy atom. The number of nitrogens with zero attached hydrogens (tertiary/aromatic N) is 3. The molecule has 1 aromatic heterocycles. The van der Waals surface area contributed by atoms with Gasteiger partial charge in [0.05, 0.1) is 6.07 Å². The summed E-state index contributed by atoms with van der Waals surface area (Å²) < 4.78 is 13.1. The number of hydrogen-bond acceptors (Lipinski definition) is 4. The van der Waals surface area contributed by atoms with Gasteiger partial charge in [-0.05, 0) is 30.7 Å². The van der Waals surface area contributed by atoms with E-state index in [0.29, 0.717) is 6.42 Å². The maximum atomic E-state index is 13.1. The third kappa shape index (κ3) is 3.49. The van der Waals surface area contributed by atoms with Crippen LogP contribution in [0.4, 0.5) is 4.39 Å². The van der Waals surface area contributed by atoms with Crippen molar-refractivity contribution in [2.45, 2.75) is 17.9 Å². The molecule has 0 aliphatic heterocycles. The maximum absolute atomic E-state index is 13.1. The standard InChI is InChI=1S/C18H14FN3S/c19-14-9-7-13(8-10-14)17-15-5-1-2-6-16(15)18(22-21-17)23-12-4-3-11-20/h1-2,5-10H,3-4,12H2. The second-order valence-electron chi connectivity index (χ2n) is 5.02. The summed E-state index contributed by atoms with van der Waals surface area (Å²) in [5.41, 5.74) is 1.60. The van der Waals surface area contributed by atoms with Crippen LogP contribution in [-0.2, 0) is 0 Å². The highest BCUT2D eigenvalue weighted by Gasteiger charge is 2.11. The van der Waals surface area contributed by atoms with E-state index in [1.165, 1.54) is 12.1 Å². The Hall–Kier alpha value is -2.45. The molecule has 3 nitrogen and oxygen atoms in total. The fraction of sp³-hybridized carbons (Fsp3) is 0.167. The zero-order valence-corrected chi connectivity index (χ0v) is 13.2. The number of unbranched alkanes of at least 4 members (excludes halogenated alkanes) is 1. The number of hydrogen-bond donors (Lipinski definition) is 0. The lowest BCUT2D eigenvalue weighted by molar-refractivity contribution is 0.628. The molecule has 0 amide bonds. The van der Waals surface area contributed by atoms with Crippen LogP contribution < -0.4 is 0 Å². The van der Waals surface area contributed by atoms with Gasteiger partial charge in [-0.25, -0.2) is 4.39 Å². The average Bonchev–Trinajstić information content (AvgIpc) is 2.59. The zero-order chi connectivity index (χ0) is 16.1. The second-order valence-corrected chi connectivity index (χ2v) is 6.10. The van der Waals surface area contributed by atoms with Gasteiger partial charge in [0, 0.05) is 28.5 Å². The van der Waals surface area contributed by atoms with Gasteiger partial charge in [-0.2, -0.15) is 5.26 Å². The number of aromatic nitrogens is 2. The SMILES string of the molecule is N#CCCCSc1nnc(-c2ccc(F)cc2)c2ccccc12. The quantitative estimate of drug-likeness (QED) is 0.498. The molecule has 0 N–H and O–H groups in total. The van der Waals surface area contributed by atoms with E-state index in [1.807, 2.05) is 24.3 Å². The second kappa shape index (κ2) is 7.21. The van der Waals surface area contributed by atoms with Gasteiger partial charge in [0.2, 0.25) is 0 Å². The number of fused-ring (bicyclic) bond motifs is 1. The number of nitriles is 1. The number of thioether (sulfide) groups is 1. The molecule has 0 saturated heterocycles. The minimum atomic E-state index is -0.268. The molecule has 0 spiro atoms. The largest absolute Gasteiger partial charge is 0.207 e. The van der Waals surface area contributed by atoms with Crippen LogP contribution in [0.25, 0.3) is 22.0 Å². The van der Waals surface area contributed by atoms with Crippen LogP contribution in [-0.4, -0.2) is 16.0 Å². The number of halogens is 1. The van der Waals surface area contributed by atoms with Gasteiger partial charge in [-0.15, -0.1) is 22.0 Å². The van der Waals surface area contributed by atoms with Gasteiger partial charge in [-0.3, -0.25) is 0 Å². The number of rotatable bonds is 5. The van der Waals surface area contributed by atoms with Crippen LogP contribution in [0, 0.1) is 17.1 Å². The van der Waals surface area contributed by atoms with Crippen molar-refractivity contribution in [3.63, 3.8) is 0 Å². The fourth-order valence-electron chi connectivity index (χ4n) is 2.33. The number of benzene rings is 2. The third-order valence-corrected chi connectivity index (χ3v) is 4.51. The first-order chi connectivity index (χ1) is 11.3. The maximum Gasteiger partial charge on any atom is 0.127 e. The molecule has 0 atom stereocenters. The zero-order valence-electron chi connectivity index (χ0n) is 12.4. The molecule has 114 valence electrons. The average molecular weight is 323 g/mol. The van der Waals surface area contributed by atoms with Gasteiger partial charge in [0.1, 0.15) is 16.5 Å². The highest BCUT2D eigenvalue weighted by molar-refractivity contribution is 7.99. The molecule has 0 bridgehead atoms. The minimum Gasteiger partial charge on any atom is -0.207 e. The van der Waals surface area contributed by atoms with E-state index in [9.17, 15) is 4.39 Å². The molecule has 5 heteroatoms. The molecule has 3 aromatic rings. The molecule has 3 rings (SSSR count). The van der Waals surface area contributed by atoms with E-state index in [4.69, 9.17) is 5.26 Å². The molecule has 2 aromatic carbocycles. The summed E-state index contributed by atoms with van der Waals surface area (Å²) in [4.78, 5) is 0. The van der Waals surface area contributed by atoms with Gasteiger partial charge in [-0.1, -0.05) is 24.3 Å². The molecule has 0 fully saturated rings. The molecular formula is C18H14FN3S. The van der Waals surface area contributed by atoms with Crippen molar-refractivity contribution in [3.8, 4) is 17.3 Å². The molecular weight excluding hydrogens is 309 g/mol. The van der Waals surface area contributed by atoms with Crippen LogP contribution >= 0.6 is 11.8 Å². The smallest absolute Gasteiger partial charge is 0.127 e. The summed E-state index contributed by atoms with van der Waals surface area (Å²) in [5.74, 6) is 0.568. The summed E-state index contributed by atoms with van der Waals surface area (Å²) in [6.45, 7) is 0. The predicted molar refractivity (Wildman–Crippen MR) is 90.5 cm³/mol. The lowest BCUT2D eigenvalue weighted by Crippen LogP contribution is -1.94. The van der Waals surface area contributed by atoms with Crippen molar-refractivity contribution >= 4 is 22.5 Å². The van der Waals surface area contributed by atoms with E-state index < -0.39 is 0 Å². The molecule has 0 unspecified atom stereocenters. The van der Waals surface area contributed by atoms with E-state index >= 15 is 0 Å². The first-order valence-electron chi connectivity index (χ1n) is 7.30. The predicted octanol–water partition coefficient (Wildman–Crippen LogP) is 4.83. The molecule has 23 heavy (non-hydrogen) atoms.